The minimum Gasteiger partial charge on any atom is -0.477 e. The van der Waals surface area contributed by atoms with Crippen LogP contribution in [0.5, 0.6) is 0 Å². The zero-order chi connectivity index (χ0) is 33.1. The molecule has 3 fully saturated rings. The number of aliphatic carboxylic acids is 1. The van der Waals surface area contributed by atoms with Crippen LogP contribution in [0, 0.1) is 0 Å². The van der Waals surface area contributed by atoms with Gasteiger partial charge in [0.05, 0.1) is 32.0 Å². The Bertz CT molecular complexity index is 959. The Morgan fingerprint density at radius 3 is 2.11 bits per heavy atom. The van der Waals surface area contributed by atoms with Gasteiger partial charge in [-0.25, -0.2) is 4.79 Å². The molecule has 0 saturated carbocycles. The van der Waals surface area contributed by atoms with Crippen molar-refractivity contribution in [1.82, 2.24) is 5.32 Å². The van der Waals surface area contributed by atoms with Gasteiger partial charge in [-0.1, -0.05) is 0 Å². The summed E-state index contributed by atoms with van der Waals surface area (Å²) in [5, 5.41) is 132. The van der Waals surface area contributed by atoms with Gasteiger partial charge in [-0.3, -0.25) is 4.79 Å². The molecule has 256 valence electrons. The fraction of sp³-hybridized carbons (Fsp3) is 0.913. The monoisotopic (exact) mass is 649 g/mol. The molecule has 0 spiro atoms. The van der Waals surface area contributed by atoms with Crippen LogP contribution in [0.4, 0.5) is 0 Å². The number of carboxylic acid groups (broad SMARTS) is 1. The van der Waals surface area contributed by atoms with Crippen molar-refractivity contribution in [2.75, 3.05) is 26.4 Å². The van der Waals surface area contributed by atoms with E-state index >= 15 is 0 Å². The van der Waals surface area contributed by atoms with E-state index in [0.717, 1.165) is 0 Å². The van der Waals surface area contributed by atoms with E-state index in [4.69, 9.17) is 28.8 Å². The van der Waals surface area contributed by atoms with E-state index in [1.165, 1.54) is 0 Å². The van der Waals surface area contributed by atoms with Crippen LogP contribution in [0.1, 0.15) is 6.42 Å². The standard InChI is InChI=1S/C23H39NO20/c25-2-7(29)12(31)19-11(24-10(30)4-27)6(28)1-23(44-19,22(38)39)40-5-9-13(32)14(33)17(36)21(42-9)43-18-8(3-26)41-20(37)16(35)15(18)34/h6-9,11-21,25-29,31-37H,1-5H2,(H,24,30)(H,38,39)/t6-,7+,8+,9+,11+,12+,13-,14-,15+,16+,17+,18+,19+,20-,21-,23+/m0/s1. The van der Waals surface area contributed by atoms with E-state index in [1.807, 2.05) is 0 Å². The Kier molecular flexibility index (Phi) is 12.7. The summed E-state index contributed by atoms with van der Waals surface area (Å²) in [5.41, 5.74) is 0. The first-order valence-corrected chi connectivity index (χ1v) is 13.4. The van der Waals surface area contributed by atoms with Crippen LogP contribution in [0.15, 0.2) is 0 Å². The molecular weight excluding hydrogens is 610 g/mol. The van der Waals surface area contributed by atoms with E-state index in [1.54, 1.807) is 0 Å². The largest absolute Gasteiger partial charge is 0.477 e. The molecule has 0 radical (unpaired) electrons. The molecule has 21 nitrogen and oxygen atoms in total. The van der Waals surface area contributed by atoms with Crippen molar-refractivity contribution < 1.29 is 99.7 Å². The van der Waals surface area contributed by atoms with Crippen LogP contribution in [0.2, 0.25) is 0 Å². The molecule has 0 aromatic carbocycles. The van der Waals surface area contributed by atoms with Crippen molar-refractivity contribution in [3.63, 3.8) is 0 Å². The molecule has 0 aliphatic carbocycles. The molecule has 44 heavy (non-hydrogen) atoms. The Morgan fingerprint density at radius 2 is 1.55 bits per heavy atom. The number of hydrogen-bond acceptors (Lipinski definition) is 19. The van der Waals surface area contributed by atoms with Gasteiger partial charge in [-0.15, -0.1) is 0 Å². The van der Waals surface area contributed by atoms with E-state index < -0.39 is 142 Å². The van der Waals surface area contributed by atoms with Crippen LogP contribution in [0.3, 0.4) is 0 Å². The lowest BCUT2D eigenvalue weighted by Crippen LogP contribution is -2.69. The molecule has 3 aliphatic rings. The summed E-state index contributed by atoms with van der Waals surface area (Å²) < 4.78 is 26.6. The van der Waals surface area contributed by atoms with Crippen molar-refractivity contribution in [1.29, 1.82) is 0 Å². The summed E-state index contributed by atoms with van der Waals surface area (Å²) in [6.07, 6.45) is -27.6. The minimum absolute atomic E-state index is 0.857. The average Bonchev–Trinajstić information content (AvgIpc) is 3.00. The second kappa shape index (κ2) is 15.2. The average molecular weight is 650 g/mol. The number of ether oxygens (including phenoxy) is 5. The zero-order valence-corrected chi connectivity index (χ0v) is 22.9. The summed E-state index contributed by atoms with van der Waals surface area (Å²) in [5.74, 6) is -5.89. The number of nitrogens with one attached hydrogen (secondary N) is 1. The number of carboxylic acids is 1. The minimum atomic E-state index is -2.89. The first-order valence-electron chi connectivity index (χ1n) is 13.4. The lowest BCUT2D eigenvalue weighted by Gasteiger charge is -2.48. The Labute approximate surface area is 248 Å². The number of amides is 1. The van der Waals surface area contributed by atoms with E-state index in [0.29, 0.717) is 0 Å². The number of carbonyl (C=O) groups excluding carboxylic acids is 1. The summed E-state index contributed by atoms with van der Waals surface area (Å²) in [7, 11) is 0. The topological polar surface area (TPSA) is 355 Å². The third-order valence-corrected chi connectivity index (χ3v) is 7.57. The Morgan fingerprint density at radius 1 is 0.886 bits per heavy atom. The highest BCUT2D eigenvalue weighted by molar-refractivity contribution is 5.78. The first kappa shape index (κ1) is 36.7. The SMILES string of the molecule is O=C(CO)N[C@H]1[C@H]([C@H](O)[C@H](O)CO)O[C@@](OC[C@H]2O[C@@H](O[C@H]3[C@H](O)[C@@H](O)[C@@H](O)O[C@@H]3CO)[C@H](O)[C@@H](O)[C@H]2O)(C(=O)O)C[C@@H]1O. The third-order valence-electron chi connectivity index (χ3n) is 7.57. The maximum Gasteiger partial charge on any atom is 0.364 e. The summed E-state index contributed by atoms with van der Waals surface area (Å²) in [4.78, 5) is 24.2. The molecule has 0 bridgehead atoms. The van der Waals surface area contributed by atoms with Crippen molar-refractivity contribution in [3.05, 3.63) is 0 Å². The number of aliphatic hydroxyl groups excluding tert-OH is 12. The van der Waals surface area contributed by atoms with Gasteiger partial charge in [0.25, 0.3) is 5.79 Å². The maximum absolute atomic E-state index is 12.4. The molecule has 1 amide bonds. The molecular formula is C23H39NO20. The molecule has 3 heterocycles. The van der Waals surface area contributed by atoms with Gasteiger partial charge in [-0.2, -0.15) is 0 Å². The van der Waals surface area contributed by atoms with Crippen molar-refractivity contribution in [2.24, 2.45) is 0 Å². The molecule has 3 aliphatic heterocycles. The van der Waals surface area contributed by atoms with Gasteiger partial charge in [0.1, 0.15) is 73.8 Å². The number of rotatable bonds is 12. The molecule has 16 atom stereocenters. The molecule has 3 rings (SSSR count). The summed E-state index contributed by atoms with van der Waals surface area (Å²) in [6, 6.07) is -1.63. The summed E-state index contributed by atoms with van der Waals surface area (Å²) in [6.45, 7) is -4.00. The van der Waals surface area contributed by atoms with Crippen LogP contribution in [0.25, 0.3) is 0 Å². The second-order valence-electron chi connectivity index (χ2n) is 10.6. The number of aliphatic hydroxyl groups is 12. The normalized spacial score (nSPS) is 44.5. The third kappa shape index (κ3) is 7.62. The van der Waals surface area contributed by atoms with Crippen LogP contribution < -0.4 is 5.32 Å². The van der Waals surface area contributed by atoms with E-state index in [-0.39, 0.29) is 0 Å². The predicted octanol–water partition coefficient (Wildman–Crippen LogP) is -9.25. The van der Waals surface area contributed by atoms with Gasteiger partial charge in [0.15, 0.2) is 12.6 Å². The lowest BCUT2D eigenvalue weighted by atomic mass is 9.88. The van der Waals surface area contributed by atoms with E-state index in [9.17, 15) is 70.9 Å². The van der Waals surface area contributed by atoms with Crippen LogP contribution in [-0.2, 0) is 33.3 Å². The Hall–Kier alpha value is -1.74. The predicted molar refractivity (Wildman–Crippen MR) is 131 cm³/mol. The second-order valence-corrected chi connectivity index (χ2v) is 10.6. The van der Waals surface area contributed by atoms with Crippen LogP contribution >= 0.6 is 0 Å². The highest BCUT2D eigenvalue weighted by atomic mass is 16.8. The van der Waals surface area contributed by atoms with Crippen molar-refractivity contribution >= 4 is 11.9 Å². The molecule has 0 unspecified atom stereocenters. The van der Waals surface area contributed by atoms with Gasteiger partial charge in [-0.05, 0) is 0 Å². The van der Waals surface area contributed by atoms with E-state index in [2.05, 4.69) is 5.32 Å². The fourth-order valence-electron chi connectivity index (χ4n) is 5.05. The van der Waals surface area contributed by atoms with Crippen molar-refractivity contribution in [2.45, 2.75) is 104 Å². The first-order chi connectivity index (χ1) is 20.6. The van der Waals surface area contributed by atoms with Crippen molar-refractivity contribution in [3.8, 4) is 0 Å². The maximum atomic E-state index is 12.4. The quantitative estimate of drug-likeness (QED) is 0.0932. The van der Waals surface area contributed by atoms with Gasteiger partial charge < -0.3 is 95.4 Å². The number of carbonyl (C=O) groups is 2. The molecule has 14 N–H and O–H groups in total. The highest BCUT2D eigenvalue weighted by Gasteiger charge is 2.57. The smallest absolute Gasteiger partial charge is 0.364 e. The zero-order valence-electron chi connectivity index (χ0n) is 22.9. The fourth-order valence-corrected chi connectivity index (χ4v) is 5.05. The molecule has 0 aromatic heterocycles. The molecule has 3 saturated heterocycles. The van der Waals surface area contributed by atoms with Gasteiger partial charge in [0.2, 0.25) is 5.91 Å². The van der Waals surface area contributed by atoms with Crippen LogP contribution in [-0.4, -0.2) is 202 Å². The Balaban J connectivity index is 1.82. The van der Waals surface area contributed by atoms with Gasteiger partial charge >= 0.3 is 5.97 Å². The number of hydrogen-bond donors (Lipinski definition) is 14. The molecule has 0 aromatic rings. The highest BCUT2D eigenvalue weighted by Crippen LogP contribution is 2.35. The van der Waals surface area contributed by atoms with Gasteiger partial charge in [0, 0.05) is 6.42 Å². The lowest BCUT2D eigenvalue weighted by molar-refractivity contribution is -0.364. The summed E-state index contributed by atoms with van der Waals surface area (Å²) >= 11 is 0. The molecule has 21 heteroatoms.